The van der Waals surface area contributed by atoms with Crippen LogP contribution in [0.15, 0.2) is 48.7 Å². The highest BCUT2D eigenvalue weighted by molar-refractivity contribution is 7.80. The molecule has 0 aliphatic heterocycles. The highest BCUT2D eigenvalue weighted by Gasteiger charge is 2.12. The van der Waals surface area contributed by atoms with Crippen molar-refractivity contribution in [2.45, 2.75) is 6.54 Å². The van der Waals surface area contributed by atoms with E-state index in [1.54, 1.807) is 37.2 Å². The number of hydrogen-bond donors (Lipinski definition) is 2. The molecule has 1 aromatic heterocycles. The van der Waals surface area contributed by atoms with Crippen molar-refractivity contribution < 1.29 is 9.47 Å². The minimum absolute atomic E-state index is 0.327. The lowest BCUT2D eigenvalue weighted by Gasteiger charge is -2.13. The summed E-state index contributed by atoms with van der Waals surface area (Å²) in [6.07, 6.45) is 1.71. The summed E-state index contributed by atoms with van der Waals surface area (Å²) in [6, 6.07) is 13.0. The molecule has 0 aliphatic carbocycles. The Labute approximate surface area is 178 Å². The lowest BCUT2D eigenvalue weighted by Crippen LogP contribution is -2.20. The van der Waals surface area contributed by atoms with Crippen molar-refractivity contribution in [1.29, 1.82) is 0 Å². The maximum absolute atomic E-state index is 6.29. The molecule has 2 aromatic carbocycles. The molecule has 1 heterocycles. The van der Waals surface area contributed by atoms with Crippen molar-refractivity contribution in [3.63, 3.8) is 0 Å². The minimum Gasteiger partial charge on any atom is -0.497 e. The summed E-state index contributed by atoms with van der Waals surface area (Å²) < 4.78 is 12.2. The molecule has 0 unspecified atom stereocenters. The van der Waals surface area contributed by atoms with E-state index in [1.807, 2.05) is 30.3 Å². The topological polar surface area (TPSA) is 60.3 Å². The lowest BCUT2D eigenvalue weighted by molar-refractivity contribution is 0.395. The van der Waals surface area contributed by atoms with E-state index in [-0.39, 0.29) is 0 Å². The van der Waals surface area contributed by atoms with E-state index < -0.39 is 0 Å². The molecule has 9 heteroatoms. The van der Waals surface area contributed by atoms with Gasteiger partial charge in [0.25, 0.3) is 0 Å². The van der Waals surface area contributed by atoms with Crippen molar-refractivity contribution in [3.05, 3.63) is 64.3 Å². The van der Waals surface area contributed by atoms with Gasteiger partial charge in [-0.15, -0.1) is 0 Å². The Balaban J connectivity index is 1.69. The maximum Gasteiger partial charge on any atom is 0.176 e. The third kappa shape index (κ3) is 4.86. The van der Waals surface area contributed by atoms with Crippen molar-refractivity contribution in [3.8, 4) is 11.5 Å². The fourth-order valence-electron chi connectivity index (χ4n) is 2.53. The quantitative estimate of drug-likeness (QED) is 0.526. The van der Waals surface area contributed by atoms with E-state index in [1.165, 1.54) is 0 Å². The van der Waals surface area contributed by atoms with Gasteiger partial charge in [0.15, 0.2) is 10.9 Å². The standard InChI is InChI=1S/C19H18Cl2N4O2S/c1-26-13-7-8-16(17(9-13)27-2)22-19(28)23-18-15(21)11-25(24-18)10-12-5-3-4-6-14(12)20/h3-9,11H,10H2,1-2H3,(H2,22,23,24,28). The fourth-order valence-corrected chi connectivity index (χ4v) is 3.13. The van der Waals surface area contributed by atoms with Gasteiger partial charge >= 0.3 is 0 Å². The van der Waals surface area contributed by atoms with Crippen LogP contribution in [-0.4, -0.2) is 29.1 Å². The first-order valence-electron chi connectivity index (χ1n) is 8.26. The average molecular weight is 437 g/mol. The Morgan fingerprint density at radius 1 is 1.07 bits per heavy atom. The first-order valence-corrected chi connectivity index (χ1v) is 9.43. The zero-order valence-corrected chi connectivity index (χ0v) is 17.5. The van der Waals surface area contributed by atoms with E-state index in [2.05, 4.69) is 15.7 Å². The predicted octanol–water partition coefficient (Wildman–Crippen LogP) is 5.06. The maximum atomic E-state index is 6.29. The molecule has 0 bridgehead atoms. The van der Waals surface area contributed by atoms with E-state index in [9.17, 15) is 0 Å². The first kappa shape index (κ1) is 20.3. The summed E-state index contributed by atoms with van der Waals surface area (Å²) in [4.78, 5) is 0. The Hall–Kier alpha value is -2.48. The second-order valence-corrected chi connectivity index (χ2v) is 6.98. The van der Waals surface area contributed by atoms with Gasteiger partial charge in [0.05, 0.1) is 26.5 Å². The Kier molecular flexibility index (Phi) is 6.61. The van der Waals surface area contributed by atoms with Crippen LogP contribution >= 0.6 is 35.4 Å². The molecule has 0 radical (unpaired) electrons. The van der Waals surface area contributed by atoms with Crippen molar-refractivity contribution in [1.82, 2.24) is 9.78 Å². The van der Waals surface area contributed by atoms with Crippen LogP contribution in [-0.2, 0) is 6.54 Å². The largest absolute Gasteiger partial charge is 0.497 e. The number of thiocarbonyl (C=S) groups is 1. The van der Waals surface area contributed by atoms with E-state index in [0.717, 1.165) is 5.56 Å². The summed E-state index contributed by atoms with van der Waals surface area (Å²) >= 11 is 17.9. The third-order valence-electron chi connectivity index (χ3n) is 3.90. The highest BCUT2D eigenvalue weighted by atomic mass is 35.5. The van der Waals surface area contributed by atoms with Crippen molar-refractivity contribution >= 4 is 52.0 Å². The van der Waals surface area contributed by atoms with Gasteiger partial charge in [-0.05, 0) is 36.0 Å². The molecule has 0 saturated carbocycles. The van der Waals surface area contributed by atoms with Gasteiger partial charge in [0, 0.05) is 17.3 Å². The number of methoxy groups -OCH3 is 2. The van der Waals surface area contributed by atoms with Gasteiger partial charge in [0.1, 0.15) is 16.5 Å². The Bertz CT molecular complexity index is 994. The van der Waals surface area contributed by atoms with Gasteiger partial charge in [0.2, 0.25) is 0 Å². The highest BCUT2D eigenvalue weighted by Crippen LogP contribution is 2.29. The van der Waals surface area contributed by atoms with Crippen LogP contribution in [0.3, 0.4) is 0 Å². The van der Waals surface area contributed by atoms with Crippen LogP contribution in [0.2, 0.25) is 10.0 Å². The molecular formula is C19H18Cl2N4O2S. The molecule has 0 aliphatic rings. The molecule has 28 heavy (non-hydrogen) atoms. The van der Waals surface area contributed by atoms with E-state index in [4.69, 9.17) is 44.9 Å². The summed E-state index contributed by atoms with van der Waals surface area (Å²) in [5, 5.41) is 11.9. The Morgan fingerprint density at radius 2 is 1.86 bits per heavy atom. The number of hydrogen-bond acceptors (Lipinski definition) is 4. The van der Waals surface area contributed by atoms with Gasteiger partial charge in [-0.2, -0.15) is 5.10 Å². The molecule has 3 aromatic rings. The number of nitrogens with one attached hydrogen (secondary N) is 2. The fraction of sp³-hybridized carbons (Fsp3) is 0.158. The van der Waals surface area contributed by atoms with E-state index in [0.29, 0.717) is 44.7 Å². The number of ether oxygens (including phenoxy) is 2. The van der Waals surface area contributed by atoms with Crippen LogP contribution in [0.1, 0.15) is 5.56 Å². The second-order valence-electron chi connectivity index (χ2n) is 5.76. The Morgan fingerprint density at radius 3 is 2.57 bits per heavy atom. The number of anilines is 2. The van der Waals surface area contributed by atoms with Crippen molar-refractivity contribution in [2.75, 3.05) is 24.9 Å². The summed E-state index contributed by atoms with van der Waals surface area (Å²) in [5.74, 6) is 1.72. The second kappa shape index (κ2) is 9.14. The van der Waals surface area contributed by atoms with Crippen LogP contribution in [0.4, 0.5) is 11.5 Å². The van der Waals surface area contributed by atoms with Crippen LogP contribution in [0.5, 0.6) is 11.5 Å². The molecule has 6 nitrogen and oxygen atoms in total. The number of halogens is 2. The van der Waals surface area contributed by atoms with Crippen LogP contribution in [0.25, 0.3) is 0 Å². The van der Waals surface area contributed by atoms with Gasteiger partial charge in [-0.3, -0.25) is 4.68 Å². The number of aromatic nitrogens is 2. The van der Waals surface area contributed by atoms with Gasteiger partial charge in [-0.25, -0.2) is 0 Å². The molecule has 0 atom stereocenters. The molecule has 2 N–H and O–H groups in total. The molecule has 0 fully saturated rings. The predicted molar refractivity (Wildman–Crippen MR) is 117 cm³/mol. The van der Waals surface area contributed by atoms with Crippen LogP contribution < -0.4 is 20.1 Å². The normalized spacial score (nSPS) is 10.4. The molecular weight excluding hydrogens is 419 g/mol. The lowest BCUT2D eigenvalue weighted by atomic mass is 10.2. The zero-order chi connectivity index (χ0) is 20.1. The van der Waals surface area contributed by atoms with Gasteiger partial charge < -0.3 is 20.1 Å². The molecule has 0 saturated heterocycles. The SMILES string of the molecule is COc1ccc(NC(=S)Nc2nn(Cc3ccccc3Cl)cc2Cl)c(OC)c1. The summed E-state index contributed by atoms with van der Waals surface area (Å²) in [6.45, 7) is 0.494. The van der Waals surface area contributed by atoms with Crippen LogP contribution in [0, 0.1) is 0 Å². The molecule has 0 spiro atoms. The summed E-state index contributed by atoms with van der Waals surface area (Å²) in [5.41, 5.74) is 1.63. The number of benzene rings is 2. The summed E-state index contributed by atoms with van der Waals surface area (Å²) in [7, 11) is 3.17. The molecule has 146 valence electrons. The third-order valence-corrected chi connectivity index (χ3v) is 4.75. The van der Waals surface area contributed by atoms with Gasteiger partial charge in [-0.1, -0.05) is 41.4 Å². The minimum atomic E-state index is 0.327. The van der Waals surface area contributed by atoms with E-state index >= 15 is 0 Å². The monoisotopic (exact) mass is 436 g/mol. The van der Waals surface area contributed by atoms with Crippen molar-refractivity contribution in [2.24, 2.45) is 0 Å². The smallest absolute Gasteiger partial charge is 0.176 e. The first-order chi connectivity index (χ1) is 13.5. The number of nitrogens with zero attached hydrogens (tertiary/aromatic N) is 2. The zero-order valence-electron chi connectivity index (χ0n) is 15.2. The number of rotatable bonds is 6. The molecule has 0 amide bonds. The molecule has 3 rings (SSSR count). The average Bonchev–Trinajstić information content (AvgIpc) is 3.02.